The monoisotopic (exact) mass is 303 g/mol. The zero-order chi connectivity index (χ0) is 14.9. The molecule has 2 atom stereocenters. The summed E-state index contributed by atoms with van der Waals surface area (Å²) in [7, 11) is -3.79. The van der Waals surface area contributed by atoms with Crippen molar-refractivity contribution in [1.82, 2.24) is 14.5 Å². The molecule has 1 aromatic heterocycles. The van der Waals surface area contributed by atoms with Gasteiger partial charge in [-0.15, -0.1) is 0 Å². The molecule has 1 aromatic rings. The number of aromatic amines is 1. The Morgan fingerprint density at radius 2 is 2.30 bits per heavy atom. The number of ether oxygens (including phenoxy) is 1. The van der Waals surface area contributed by atoms with Crippen LogP contribution in [0.4, 0.5) is 0 Å². The van der Waals surface area contributed by atoms with Gasteiger partial charge in [-0.25, -0.2) is 8.42 Å². The van der Waals surface area contributed by atoms with Gasteiger partial charge in [0, 0.05) is 6.54 Å². The van der Waals surface area contributed by atoms with Gasteiger partial charge in [0.15, 0.2) is 0 Å². The van der Waals surface area contributed by atoms with E-state index in [-0.39, 0.29) is 24.7 Å². The van der Waals surface area contributed by atoms with Gasteiger partial charge >= 0.3 is 5.97 Å². The fourth-order valence-electron chi connectivity index (χ4n) is 2.37. The molecule has 9 heteroatoms. The summed E-state index contributed by atoms with van der Waals surface area (Å²) in [4.78, 5) is 11.3. The molecule has 0 saturated carbocycles. The van der Waals surface area contributed by atoms with Crippen molar-refractivity contribution in [3.63, 3.8) is 0 Å². The zero-order valence-corrected chi connectivity index (χ0v) is 12.1. The number of nitrogens with zero attached hydrogens (tertiary/aromatic N) is 2. The number of aliphatic carboxylic acids is 1. The molecule has 0 radical (unpaired) electrons. The summed E-state index contributed by atoms with van der Waals surface area (Å²) in [5, 5.41) is 15.4. The molecule has 112 valence electrons. The molecule has 2 heterocycles. The number of carbonyl (C=O) groups is 1. The lowest BCUT2D eigenvalue weighted by Crippen LogP contribution is -2.46. The molecule has 0 aliphatic carbocycles. The van der Waals surface area contributed by atoms with Crippen LogP contribution in [0.3, 0.4) is 0 Å². The average Bonchev–Trinajstić information content (AvgIpc) is 2.98. The fraction of sp³-hybridized carbons (Fsp3) is 0.636. The van der Waals surface area contributed by atoms with E-state index in [2.05, 4.69) is 10.2 Å². The Balaban J connectivity index is 2.37. The average molecular weight is 303 g/mol. The van der Waals surface area contributed by atoms with Crippen LogP contribution < -0.4 is 0 Å². The van der Waals surface area contributed by atoms with Gasteiger partial charge in [-0.05, 0) is 6.92 Å². The minimum absolute atomic E-state index is 0.0242. The van der Waals surface area contributed by atoms with Crippen molar-refractivity contribution in [2.45, 2.75) is 24.8 Å². The number of carboxylic acids is 1. The van der Waals surface area contributed by atoms with Crippen LogP contribution in [0.25, 0.3) is 0 Å². The third-order valence-corrected chi connectivity index (χ3v) is 5.53. The van der Waals surface area contributed by atoms with Crippen LogP contribution in [0, 0.1) is 12.8 Å². The van der Waals surface area contributed by atoms with Crippen LogP contribution in [0.5, 0.6) is 0 Å². The lowest BCUT2D eigenvalue weighted by molar-refractivity contribution is -0.142. The van der Waals surface area contributed by atoms with Gasteiger partial charge < -0.3 is 9.84 Å². The van der Waals surface area contributed by atoms with E-state index in [9.17, 15) is 13.2 Å². The molecular weight excluding hydrogens is 286 g/mol. The van der Waals surface area contributed by atoms with Crippen LogP contribution >= 0.6 is 0 Å². The van der Waals surface area contributed by atoms with Gasteiger partial charge in [-0.3, -0.25) is 9.89 Å². The predicted molar refractivity (Wildman–Crippen MR) is 68.6 cm³/mol. The van der Waals surface area contributed by atoms with Crippen molar-refractivity contribution in [1.29, 1.82) is 0 Å². The molecule has 2 rings (SSSR count). The fourth-order valence-corrected chi connectivity index (χ4v) is 4.15. The number of carboxylic acid groups (broad SMARTS) is 1. The minimum Gasteiger partial charge on any atom is -0.481 e. The summed E-state index contributed by atoms with van der Waals surface area (Å²) in [5.41, 5.74) is 0.425. The molecule has 2 unspecified atom stereocenters. The van der Waals surface area contributed by atoms with E-state index in [0.717, 1.165) is 0 Å². The second-order valence-corrected chi connectivity index (χ2v) is 6.48. The zero-order valence-electron chi connectivity index (χ0n) is 11.2. The van der Waals surface area contributed by atoms with Crippen LogP contribution in [0.15, 0.2) is 11.1 Å². The van der Waals surface area contributed by atoms with Crippen molar-refractivity contribution in [3.05, 3.63) is 11.9 Å². The maximum absolute atomic E-state index is 12.6. The molecule has 0 aromatic carbocycles. The third kappa shape index (κ3) is 2.43. The molecule has 2 N–H and O–H groups in total. The summed E-state index contributed by atoms with van der Waals surface area (Å²) in [6.07, 6.45) is 1.24. The minimum atomic E-state index is -3.79. The molecule has 20 heavy (non-hydrogen) atoms. The molecule has 1 saturated heterocycles. The number of rotatable bonds is 5. The number of H-pyrrole nitrogens is 1. The molecule has 0 bridgehead atoms. The molecule has 1 fully saturated rings. The number of sulfonamides is 1. The maximum Gasteiger partial charge on any atom is 0.310 e. The topological polar surface area (TPSA) is 113 Å². The second kappa shape index (κ2) is 5.51. The van der Waals surface area contributed by atoms with E-state index >= 15 is 0 Å². The largest absolute Gasteiger partial charge is 0.481 e. The highest BCUT2D eigenvalue weighted by Gasteiger charge is 2.43. The van der Waals surface area contributed by atoms with Crippen LogP contribution in [-0.4, -0.2) is 59.8 Å². The quantitative estimate of drug-likeness (QED) is 0.781. The first-order valence-corrected chi connectivity index (χ1v) is 7.66. The van der Waals surface area contributed by atoms with E-state index < -0.39 is 28.0 Å². The van der Waals surface area contributed by atoms with Crippen LogP contribution in [0.1, 0.15) is 12.6 Å². The highest BCUT2D eigenvalue weighted by atomic mass is 32.2. The highest BCUT2D eigenvalue weighted by molar-refractivity contribution is 7.89. The van der Waals surface area contributed by atoms with Gasteiger partial charge in [0.25, 0.3) is 0 Å². The van der Waals surface area contributed by atoms with Gasteiger partial charge in [0.05, 0.1) is 37.1 Å². The summed E-state index contributed by atoms with van der Waals surface area (Å²) < 4.78 is 31.6. The number of likely N-dealkylation sites (N-methyl/N-ethyl adjacent to an activating group) is 1. The Kier molecular flexibility index (Phi) is 4.11. The Bertz CT molecular complexity index is 597. The predicted octanol–water partition coefficient (Wildman–Crippen LogP) is -0.172. The standard InChI is InChI=1S/C11H17N3O5S/c1-3-14(9-6-19-5-8(9)11(15)16)20(17,18)10-4-12-13-7(10)2/h4,8-9H,3,5-6H2,1-2H3,(H,12,13)(H,15,16). The van der Waals surface area contributed by atoms with Crippen molar-refractivity contribution in [2.75, 3.05) is 19.8 Å². The Morgan fingerprint density at radius 3 is 2.80 bits per heavy atom. The smallest absolute Gasteiger partial charge is 0.310 e. The lowest BCUT2D eigenvalue weighted by atomic mass is 10.0. The summed E-state index contributed by atoms with van der Waals surface area (Å²) in [6, 6.07) is -0.697. The summed E-state index contributed by atoms with van der Waals surface area (Å²) >= 11 is 0. The lowest BCUT2D eigenvalue weighted by Gasteiger charge is -2.28. The summed E-state index contributed by atoms with van der Waals surface area (Å²) in [6.45, 7) is 3.56. The second-order valence-electron chi connectivity index (χ2n) is 4.62. The molecule has 1 aliphatic rings. The normalized spacial score (nSPS) is 23.4. The van der Waals surface area contributed by atoms with E-state index in [0.29, 0.717) is 5.69 Å². The third-order valence-electron chi connectivity index (χ3n) is 3.42. The van der Waals surface area contributed by atoms with E-state index in [1.807, 2.05) is 0 Å². The van der Waals surface area contributed by atoms with E-state index in [4.69, 9.17) is 9.84 Å². The maximum atomic E-state index is 12.6. The van der Waals surface area contributed by atoms with Crippen molar-refractivity contribution in [3.8, 4) is 0 Å². The number of nitrogens with one attached hydrogen (secondary N) is 1. The SMILES string of the molecule is CCN(C1COCC1C(=O)O)S(=O)(=O)c1cn[nH]c1C. The molecule has 0 amide bonds. The van der Waals surface area contributed by atoms with Crippen LogP contribution in [-0.2, 0) is 19.6 Å². The molecule has 8 nitrogen and oxygen atoms in total. The van der Waals surface area contributed by atoms with Crippen molar-refractivity contribution >= 4 is 16.0 Å². The Labute approximate surface area is 116 Å². The molecule has 1 aliphatic heterocycles. The van der Waals surface area contributed by atoms with E-state index in [1.54, 1.807) is 13.8 Å². The van der Waals surface area contributed by atoms with Gasteiger partial charge in [-0.1, -0.05) is 6.92 Å². The van der Waals surface area contributed by atoms with Gasteiger partial charge in [0.2, 0.25) is 10.0 Å². The molecular formula is C11H17N3O5S. The number of hydrogen-bond acceptors (Lipinski definition) is 5. The first-order chi connectivity index (χ1) is 9.39. The summed E-state index contributed by atoms with van der Waals surface area (Å²) in [5.74, 6) is -1.90. The van der Waals surface area contributed by atoms with Crippen molar-refractivity contribution < 1.29 is 23.1 Å². The van der Waals surface area contributed by atoms with E-state index in [1.165, 1.54) is 10.5 Å². The first kappa shape index (κ1) is 14.9. The Morgan fingerprint density at radius 1 is 1.60 bits per heavy atom. The van der Waals surface area contributed by atoms with Crippen LogP contribution in [0.2, 0.25) is 0 Å². The number of aromatic nitrogens is 2. The molecule has 0 spiro atoms. The first-order valence-electron chi connectivity index (χ1n) is 6.22. The van der Waals surface area contributed by atoms with Gasteiger partial charge in [-0.2, -0.15) is 9.40 Å². The number of aryl methyl sites for hydroxylation is 1. The Hall–Kier alpha value is -1.45. The van der Waals surface area contributed by atoms with Crippen molar-refractivity contribution in [2.24, 2.45) is 5.92 Å². The highest BCUT2D eigenvalue weighted by Crippen LogP contribution is 2.27. The van der Waals surface area contributed by atoms with Gasteiger partial charge in [0.1, 0.15) is 4.90 Å². The number of hydrogen-bond donors (Lipinski definition) is 2.